The summed E-state index contributed by atoms with van der Waals surface area (Å²) in [5.41, 5.74) is 2.18. The maximum atomic E-state index is 14.4. The van der Waals surface area contributed by atoms with Crippen molar-refractivity contribution in [2.24, 2.45) is 0 Å². The maximum Gasteiger partial charge on any atom is 0.264 e. The standard InChI is InChI=1S/C24H25FN2O3S/c1-19-9-7-10-20(17-19)11-8-16-26-24(28)18-27(23-15-6-5-14-22(23)25)31(29,30)21-12-3-2-4-13-21/h2-7,9-10,12-15,17H,8,11,16,18H2,1H3,(H,26,28). The van der Waals surface area contributed by atoms with Crippen LogP contribution in [0.3, 0.4) is 0 Å². The Hall–Kier alpha value is -3.19. The van der Waals surface area contributed by atoms with Gasteiger partial charge in [0.2, 0.25) is 5.91 Å². The van der Waals surface area contributed by atoms with Crippen molar-refractivity contribution >= 4 is 21.6 Å². The number of sulfonamides is 1. The second-order valence-corrected chi connectivity index (χ2v) is 9.08. The Morgan fingerprint density at radius 2 is 1.68 bits per heavy atom. The van der Waals surface area contributed by atoms with E-state index >= 15 is 0 Å². The fourth-order valence-electron chi connectivity index (χ4n) is 3.25. The van der Waals surface area contributed by atoms with Crippen molar-refractivity contribution in [2.75, 3.05) is 17.4 Å². The van der Waals surface area contributed by atoms with Gasteiger partial charge in [0, 0.05) is 6.54 Å². The highest BCUT2D eigenvalue weighted by atomic mass is 32.2. The third-order valence-electron chi connectivity index (χ3n) is 4.79. The Balaban J connectivity index is 1.70. The average molecular weight is 441 g/mol. The van der Waals surface area contributed by atoms with Crippen molar-refractivity contribution < 1.29 is 17.6 Å². The highest BCUT2D eigenvalue weighted by Crippen LogP contribution is 2.25. The molecule has 0 bridgehead atoms. The molecule has 0 atom stereocenters. The topological polar surface area (TPSA) is 66.5 Å². The van der Waals surface area contributed by atoms with Gasteiger partial charge in [-0.1, -0.05) is 60.2 Å². The summed E-state index contributed by atoms with van der Waals surface area (Å²) >= 11 is 0. The van der Waals surface area contributed by atoms with Gasteiger partial charge in [-0.3, -0.25) is 9.10 Å². The van der Waals surface area contributed by atoms with Gasteiger partial charge in [-0.05, 0) is 49.6 Å². The van der Waals surface area contributed by atoms with Crippen molar-refractivity contribution in [1.29, 1.82) is 0 Å². The molecule has 3 rings (SSSR count). The second-order valence-electron chi connectivity index (χ2n) is 7.22. The summed E-state index contributed by atoms with van der Waals surface area (Å²) in [4.78, 5) is 12.5. The molecule has 0 radical (unpaired) electrons. The summed E-state index contributed by atoms with van der Waals surface area (Å²) in [6.45, 7) is 1.90. The number of amides is 1. The monoisotopic (exact) mass is 440 g/mol. The molecule has 0 aromatic heterocycles. The number of carbonyl (C=O) groups is 1. The first-order valence-corrected chi connectivity index (χ1v) is 11.5. The van der Waals surface area contributed by atoms with Crippen LogP contribution in [0.4, 0.5) is 10.1 Å². The van der Waals surface area contributed by atoms with Crippen LogP contribution in [0.1, 0.15) is 17.5 Å². The summed E-state index contributed by atoms with van der Waals surface area (Å²) in [6.07, 6.45) is 1.50. The van der Waals surface area contributed by atoms with E-state index < -0.39 is 28.3 Å². The predicted molar refractivity (Wildman–Crippen MR) is 120 cm³/mol. The van der Waals surface area contributed by atoms with Crippen LogP contribution >= 0.6 is 0 Å². The van der Waals surface area contributed by atoms with Gasteiger partial charge in [0.1, 0.15) is 12.4 Å². The molecule has 5 nitrogen and oxygen atoms in total. The quantitative estimate of drug-likeness (QED) is 0.510. The van der Waals surface area contributed by atoms with Crippen LogP contribution < -0.4 is 9.62 Å². The van der Waals surface area contributed by atoms with Crippen molar-refractivity contribution in [2.45, 2.75) is 24.7 Å². The smallest absolute Gasteiger partial charge is 0.264 e. The third kappa shape index (κ3) is 5.92. The number of aryl methyl sites for hydroxylation is 2. The number of anilines is 1. The molecule has 1 N–H and O–H groups in total. The van der Waals surface area contributed by atoms with Crippen molar-refractivity contribution in [3.63, 3.8) is 0 Å². The zero-order chi connectivity index (χ0) is 22.3. The minimum Gasteiger partial charge on any atom is -0.355 e. The normalized spacial score (nSPS) is 11.2. The van der Waals surface area contributed by atoms with Gasteiger partial charge in [0.15, 0.2) is 0 Å². The molecule has 1 amide bonds. The number of para-hydroxylation sites is 1. The molecule has 0 aliphatic rings. The number of hydrogen-bond donors (Lipinski definition) is 1. The average Bonchev–Trinajstić information content (AvgIpc) is 2.76. The van der Waals surface area contributed by atoms with Crippen LogP contribution in [0.5, 0.6) is 0 Å². The van der Waals surface area contributed by atoms with Crippen molar-refractivity contribution in [1.82, 2.24) is 5.32 Å². The van der Waals surface area contributed by atoms with E-state index in [9.17, 15) is 17.6 Å². The number of nitrogens with zero attached hydrogens (tertiary/aromatic N) is 1. The maximum absolute atomic E-state index is 14.4. The van der Waals surface area contributed by atoms with Gasteiger partial charge < -0.3 is 5.32 Å². The Morgan fingerprint density at radius 1 is 0.968 bits per heavy atom. The van der Waals surface area contributed by atoms with Crippen LogP contribution in [0, 0.1) is 12.7 Å². The summed E-state index contributed by atoms with van der Waals surface area (Å²) < 4.78 is 41.5. The van der Waals surface area contributed by atoms with Gasteiger partial charge in [0.25, 0.3) is 10.0 Å². The van der Waals surface area contributed by atoms with Crippen LogP contribution in [0.25, 0.3) is 0 Å². The largest absolute Gasteiger partial charge is 0.355 e. The first-order valence-electron chi connectivity index (χ1n) is 10.0. The molecule has 7 heteroatoms. The Kier molecular flexibility index (Phi) is 7.41. The Labute approximate surface area is 182 Å². The van der Waals surface area contributed by atoms with Gasteiger partial charge in [-0.2, -0.15) is 0 Å². The van der Waals surface area contributed by atoms with E-state index in [4.69, 9.17) is 0 Å². The third-order valence-corrected chi connectivity index (χ3v) is 6.56. The number of rotatable bonds is 9. The molecular weight excluding hydrogens is 415 g/mol. The van der Waals surface area contributed by atoms with Crippen LogP contribution in [0.15, 0.2) is 83.8 Å². The van der Waals surface area contributed by atoms with Gasteiger partial charge in [-0.15, -0.1) is 0 Å². The van der Waals surface area contributed by atoms with E-state index in [1.54, 1.807) is 18.2 Å². The minimum atomic E-state index is -4.12. The van der Waals surface area contributed by atoms with E-state index in [2.05, 4.69) is 11.4 Å². The van der Waals surface area contributed by atoms with Crippen molar-refractivity contribution in [3.8, 4) is 0 Å². The second kappa shape index (κ2) is 10.2. The molecular formula is C24H25FN2O3S. The molecule has 0 saturated carbocycles. The Bertz CT molecular complexity index is 1130. The zero-order valence-corrected chi connectivity index (χ0v) is 18.1. The van der Waals surface area contributed by atoms with Crippen molar-refractivity contribution in [3.05, 3.63) is 95.8 Å². The summed E-state index contributed by atoms with van der Waals surface area (Å²) in [5.74, 6) is -1.21. The molecule has 0 aliphatic carbocycles. The fraction of sp³-hybridized carbons (Fsp3) is 0.208. The number of halogens is 1. The first kappa shape index (κ1) is 22.5. The highest BCUT2D eigenvalue weighted by Gasteiger charge is 2.28. The van der Waals surface area contributed by atoms with E-state index in [-0.39, 0.29) is 10.6 Å². The van der Waals surface area contributed by atoms with E-state index in [0.717, 1.165) is 10.7 Å². The highest BCUT2D eigenvalue weighted by molar-refractivity contribution is 7.92. The Morgan fingerprint density at radius 3 is 2.39 bits per heavy atom. The van der Waals surface area contributed by atoms with E-state index in [0.29, 0.717) is 13.0 Å². The number of hydrogen-bond acceptors (Lipinski definition) is 3. The molecule has 0 spiro atoms. The van der Waals surface area contributed by atoms with Gasteiger partial charge in [-0.25, -0.2) is 12.8 Å². The predicted octanol–water partition coefficient (Wildman–Crippen LogP) is 4.08. The van der Waals surface area contributed by atoms with Crippen LogP contribution in [0.2, 0.25) is 0 Å². The lowest BCUT2D eigenvalue weighted by atomic mass is 10.1. The lowest BCUT2D eigenvalue weighted by Crippen LogP contribution is -2.41. The summed E-state index contributed by atoms with van der Waals surface area (Å²) in [5, 5.41) is 2.74. The lowest BCUT2D eigenvalue weighted by molar-refractivity contribution is -0.119. The number of nitrogens with one attached hydrogen (secondary N) is 1. The molecule has 0 fully saturated rings. The molecule has 0 saturated heterocycles. The molecule has 3 aromatic rings. The summed E-state index contributed by atoms with van der Waals surface area (Å²) in [6, 6.07) is 21.3. The van der Waals surface area contributed by atoms with Gasteiger partial charge >= 0.3 is 0 Å². The lowest BCUT2D eigenvalue weighted by Gasteiger charge is -2.24. The molecule has 0 heterocycles. The van der Waals surface area contributed by atoms with Crippen LogP contribution in [-0.2, 0) is 21.2 Å². The zero-order valence-electron chi connectivity index (χ0n) is 17.3. The van der Waals surface area contributed by atoms with E-state index in [1.807, 2.05) is 25.1 Å². The molecule has 0 aliphatic heterocycles. The molecule has 162 valence electrons. The van der Waals surface area contributed by atoms with E-state index in [1.165, 1.54) is 47.5 Å². The van der Waals surface area contributed by atoms with Gasteiger partial charge in [0.05, 0.1) is 10.6 Å². The fourth-order valence-corrected chi connectivity index (χ4v) is 4.70. The first-order chi connectivity index (χ1) is 14.9. The molecule has 0 unspecified atom stereocenters. The number of benzene rings is 3. The minimum absolute atomic E-state index is 0.00880. The SMILES string of the molecule is Cc1cccc(CCCNC(=O)CN(c2ccccc2F)S(=O)(=O)c2ccccc2)c1. The van der Waals surface area contributed by atoms with Crippen LogP contribution in [-0.4, -0.2) is 27.4 Å². The molecule has 31 heavy (non-hydrogen) atoms. The summed E-state index contributed by atoms with van der Waals surface area (Å²) in [7, 11) is -4.12. The number of carbonyl (C=O) groups excluding carboxylic acids is 1. The molecule has 3 aromatic carbocycles.